The van der Waals surface area contributed by atoms with Gasteiger partial charge in [0, 0.05) is 31.2 Å². The lowest BCUT2D eigenvalue weighted by molar-refractivity contribution is -0.126. The van der Waals surface area contributed by atoms with Gasteiger partial charge in [0.1, 0.15) is 0 Å². The van der Waals surface area contributed by atoms with Crippen LogP contribution in [0.25, 0.3) is 0 Å². The van der Waals surface area contributed by atoms with Crippen molar-refractivity contribution in [2.24, 2.45) is 5.92 Å². The second kappa shape index (κ2) is 6.92. The van der Waals surface area contributed by atoms with Crippen LogP contribution in [-0.2, 0) is 4.79 Å². The van der Waals surface area contributed by atoms with Crippen molar-refractivity contribution in [3.05, 3.63) is 35.9 Å². The minimum atomic E-state index is -0.0815. The number of likely N-dealkylation sites (tertiary alicyclic amines) is 1. The quantitative estimate of drug-likeness (QED) is 0.876. The number of hydrogen-bond acceptors (Lipinski definition) is 3. The van der Waals surface area contributed by atoms with Gasteiger partial charge in [0.15, 0.2) is 0 Å². The summed E-state index contributed by atoms with van der Waals surface area (Å²) in [7, 11) is 0. The summed E-state index contributed by atoms with van der Waals surface area (Å²) < 4.78 is 0. The highest BCUT2D eigenvalue weighted by Gasteiger charge is 2.30. The first-order valence-corrected chi connectivity index (χ1v) is 8.09. The molecule has 0 spiro atoms. The lowest BCUT2D eigenvalue weighted by Gasteiger charge is -2.32. The first-order valence-electron chi connectivity index (χ1n) is 8.09. The third kappa shape index (κ3) is 3.47. The van der Waals surface area contributed by atoms with Gasteiger partial charge in [-0.3, -0.25) is 9.59 Å². The summed E-state index contributed by atoms with van der Waals surface area (Å²) in [4.78, 5) is 26.7. The summed E-state index contributed by atoms with van der Waals surface area (Å²) >= 11 is 0. The van der Waals surface area contributed by atoms with Crippen LogP contribution >= 0.6 is 0 Å². The Morgan fingerprint density at radius 2 is 2.00 bits per heavy atom. The first kappa shape index (κ1) is 15.0. The van der Waals surface area contributed by atoms with Crippen LogP contribution in [0.3, 0.4) is 0 Å². The fourth-order valence-corrected chi connectivity index (χ4v) is 3.24. The Morgan fingerprint density at radius 3 is 2.73 bits per heavy atom. The summed E-state index contributed by atoms with van der Waals surface area (Å²) in [6.45, 7) is 3.08. The number of benzene rings is 1. The molecule has 2 N–H and O–H groups in total. The maximum Gasteiger partial charge on any atom is 0.253 e. The Morgan fingerprint density at radius 1 is 1.18 bits per heavy atom. The molecule has 0 bridgehead atoms. The van der Waals surface area contributed by atoms with Gasteiger partial charge in [-0.2, -0.15) is 0 Å². The van der Waals surface area contributed by atoms with Gasteiger partial charge in [-0.15, -0.1) is 0 Å². The highest BCUT2D eigenvalue weighted by atomic mass is 16.2. The molecule has 2 aliphatic rings. The molecule has 2 fully saturated rings. The standard InChI is InChI=1S/C17H23N3O2/c21-16(19-15-8-9-18-11-15)14-7-4-10-20(12-14)17(22)13-5-2-1-3-6-13/h1-3,5-6,14-15,18H,4,7-12H2,(H,19,21). The van der Waals surface area contributed by atoms with Crippen LogP contribution in [0.15, 0.2) is 30.3 Å². The summed E-state index contributed by atoms with van der Waals surface area (Å²) in [5.41, 5.74) is 0.698. The third-order valence-corrected chi connectivity index (χ3v) is 4.51. The van der Waals surface area contributed by atoms with Gasteiger partial charge in [-0.05, 0) is 37.9 Å². The average molecular weight is 301 g/mol. The molecule has 2 heterocycles. The molecule has 2 aliphatic heterocycles. The number of amides is 2. The van der Waals surface area contributed by atoms with Crippen molar-refractivity contribution in [3.8, 4) is 0 Å². The highest BCUT2D eigenvalue weighted by Crippen LogP contribution is 2.19. The number of nitrogens with one attached hydrogen (secondary N) is 2. The van der Waals surface area contributed by atoms with Crippen molar-refractivity contribution in [2.45, 2.75) is 25.3 Å². The van der Waals surface area contributed by atoms with E-state index in [4.69, 9.17) is 0 Å². The van der Waals surface area contributed by atoms with E-state index in [-0.39, 0.29) is 23.8 Å². The second-order valence-corrected chi connectivity index (χ2v) is 6.15. The smallest absolute Gasteiger partial charge is 0.253 e. The molecule has 0 aliphatic carbocycles. The molecule has 0 radical (unpaired) electrons. The Hall–Kier alpha value is -1.88. The van der Waals surface area contributed by atoms with Crippen molar-refractivity contribution in [1.82, 2.24) is 15.5 Å². The number of rotatable bonds is 3. The van der Waals surface area contributed by atoms with Crippen LogP contribution in [0.2, 0.25) is 0 Å². The van der Waals surface area contributed by atoms with E-state index in [1.807, 2.05) is 35.2 Å². The van der Waals surface area contributed by atoms with Crippen LogP contribution in [0.4, 0.5) is 0 Å². The highest BCUT2D eigenvalue weighted by molar-refractivity contribution is 5.94. The fraction of sp³-hybridized carbons (Fsp3) is 0.529. The summed E-state index contributed by atoms with van der Waals surface area (Å²) in [5.74, 6) is 0.0434. The van der Waals surface area contributed by atoms with Gasteiger partial charge < -0.3 is 15.5 Å². The van der Waals surface area contributed by atoms with Gasteiger partial charge in [0.25, 0.3) is 5.91 Å². The Labute approximate surface area is 131 Å². The predicted molar refractivity (Wildman–Crippen MR) is 84.5 cm³/mol. The molecule has 3 rings (SSSR count). The van der Waals surface area contributed by atoms with Crippen LogP contribution in [0, 0.1) is 5.92 Å². The van der Waals surface area contributed by atoms with E-state index in [1.54, 1.807) is 0 Å². The van der Waals surface area contributed by atoms with Crippen molar-refractivity contribution in [1.29, 1.82) is 0 Å². The lowest BCUT2D eigenvalue weighted by Crippen LogP contribution is -2.48. The van der Waals surface area contributed by atoms with Gasteiger partial charge in [0.2, 0.25) is 5.91 Å². The molecule has 22 heavy (non-hydrogen) atoms. The molecule has 0 saturated carbocycles. The predicted octanol–water partition coefficient (Wildman–Crippen LogP) is 1.02. The summed E-state index contributed by atoms with van der Waals surface area (Å²) in [6, 6.07) is 9.54. The maximum atomic E-state index is 12.5. The van der Waals surface area contributed by atoms with E-state index >= 15 is 0 Å². The Bertz CT molecular complexity index is 526. The van der Waals surface area contributed by atoms with Crippen molar-refractivity contribution in [2.75, 3.05) is 26.2 Å². The second-order valence-electron chi connectivity index (χ2n) is 6.15. The number of nitrogens with zero attached hydrogens (tertiary/aromatic N) is 1. The number of piperidine rings is 1. The fourth-order valence-electron chi connectivity index (χ4n) is 3.24. The van der Waals surface area contributed by atoms with Crippen LogP contribution < -0.4 is 10.6 Å². The van der Waals surface area contributed by atoms with E-state index in [1.165, 1.54) is 0 Å². The molecule has 1 aromatic carbocycles. The minimum Gasteiger partial charge on any atom is -0.352 e. The van der Waals surface area contributed by atoms with Gasteiger partial charge in [-0.25, -0.2) is 0 Å². The monoisotopic (exact) mass is 301 g/mol. The molecule has 2 saturated heterocycles. The zero-order valence-corrected chi connectivity index (χ0v) is 12.8. The molecule has 5 heteroatoms. The van der Waals surface area contributed by atoms with E-state index in [9.17, 15) is 9.59 Å². The molecule has 5 nitrogen and oxygen atoms in total. The molecule has 2 amide bonds. The van der Waals surface area contributed by atoms with Crippen LogP contribution in [0.1, 0.15) is 29.6 Å². The molecule has 2 atom stereocenters. The van der Waals surface area contributed by atoms with Crippen LogP contribution in [-0.4, -0.2) is 48.9 Å². The normalized spacial score (nSPS) is 25.0. The summed E-state index contributed by atoms with van der Waals surface area (Å²) in [6.07, 6.45) is 2.75. The van der Waals surface area contributed by atoms with E-state index in [0.717, 1.165) is 38.9 Å². The van der Waals surface area contributed by atoms with Gasteiger partial charge >= 0.3 is 0 Å². The van der Waals surface area contributed by atoms with Crippen molar-refractivity contribution in [3.63, 3.8) is 0 Å². The van der Waals surface area contributed by atoms with E-state index < -0.39 is 0 Å². The minimum absolute atomic E-state index is 0.0284. The molecular weight excluding hydrogens is 278 g/mol. The number of carbonyl (C=O) groups excluding carboxylic acids is 2. The van der Waals surface area contributed by atoms with Crippen molar-refractivity contribution < 1.29 is 9.59 Å². The topological polar surface area (TPSA) is 61.4 Å². The number of carbonyl (C=O) groups is 2. The third-order valence-electron chi connectivity index (χ3n) is 4.51. The molecule has 1 aromatic rings. The van der Waals surface area contributed by atoms with Crippen LogP contribution in [0.5, 0.6) is 0 Å². The van der Waals surface area contributed by atoms with Crippen molar-refractivity contribution >= 4 is 11.8 Å². The van der Waals surface area contributed by atoms with Gasteiger partial charge in [0.05, 0.1) is 5.92 Å². The Kier molecular flexibility index (Phi) is 4.73. The van der Waals surface area contributed by atoms with E-state index in [2.05, 4.69) is 10.6 Å². The first-order chi connectivity index (χ1) is 10.7. The van der Waals surface area contributed by atoms with E-state index in [0.29, 0.717) is 12.1 Å². The maximum absolute atomic E-state index is 12.5. The largest absolute Gasteiger partial charge is 0.352 e. The molecule has 0 aromatic heterocycles. The summed E-state index contributed by atoms with van der Waals surface area (Å²) in [5, 5.41) is 6.36. The zero-order chi connectivity index (χ0) is 15.4. The molecule has 2 unspecified atom stereocenters. The Balaban J connectivity index is 1.59. The molecular formula is C17H23N3O2. The molecule has 118 valence electrons. The van der Waals surface area contributed by atoms with Gasteiger partial charge in [-0.1, -0.05) is 18.2 Å². The SMILES string of the molecule is O=C(NC1CCNC1)C1CCCN(C(=O)c2ccccc2)C1. The lowest BCUT2D eigenvalue weighted by atomic mass is 9.96. The average Bonchev–Trinajstić information content (AvgIpc) is 3.08. The zero-order valence-electron chi connectivity index (χ0n) is 12.8. The number of hydrogen-bond donors (Lipinski definition) is 2.